The van der Waals surface area contributed by atoms with Gasteiger partial charge in [-0.2, -0.15) is 0 Å². The molecule has 0 bridgehead atoms. The molecule has 1 aromatic carbocycles. The first-order valence-electron chi connectivity index (χ1n) is 12.2. The van der Waals surface area contributed by atoms with E-state index in [-0.39, 0.29) is 12.1 Å². The second-order valence-electron chi connectivity index (χ2n) is 11.3. The molecule has 0 spiro atoms. The largest absolute Gasteiger partial charge is 0.505 e. The van der Waals surface area contributed by atoms with Crippen molar-refractivity contribution in [1.29, 1.82) is 0 Å². The molecule has 1 amide bonds. The van der Waals surface area contributed by atoms with Crippen LogP contribution in [0.5, 0.6) is 5.75 Å². The fourth-order valence-corrected chi connectivity index (χ4v) is 5.13. The minimum absolute atomic E-state index is 0.0819. The number of nitrogens with zero attached hydrogens (tertiary/aromatic N) is 2. The number of ether oxygens (including phenoxy) is 2. The van der Waals surface area contributed by atoms with E-state index in [9.17, 15) is 19.1 Å². The van der Waals surface area contributed by atoms with Gasteiger partial charge in [-0.25, -0.2) is 14.2 Å². The first kappa shape index (κ1) is 26.9. The van der Waals surface area contributed by atoms with Crippen molar-refractivity contribution in [3.05, 3.63) is 57.7 Å². The summed E-state index contributed by atoms with van der Waals surface area (Å²) in [6, 6.07) is 5.14. The van der Waals surface area contributed by atoms with Crippen molar-refractivity contribution in [2.45, 2.75) is 66.0 Å². The van der Waals surface area contributed by atoms with Crippen molar-refractivity contribution in [2.75, 3.05) is 13.2 Å². The lowest BCUT2D eigenvalue weighted by Crippen LogP contribution is -2.46. The summed E-state index contributed by atoms with van der Waals surface area (Å²) in [6.45, 7) is 11.3. The predicted molar refractivity (Wildman–Crippen MR) is 140 cm³/mol. The van der Waals surface area contributed by atoms with E-state index in [1.54, 1.807) is 45.6 Å². The van der Waals surface area contributed by atoms with Gasteiger partial charge in [-0.3, -0.25) is 4.79 Å². The predicted octanol–water partition coefficient (Wildman–Crippen LogP) is 6.92. The lowest BCUT2D eigenvalue weighted by molar-refractivity contribution is -0.116. The number of amides is 1. The van der Waals surface area contributed by atoms with E-state index in [1.807, 2.05) is 19.1 Å². The van der Waals surface area contributed by atoms with Gasteiger partial charge >= 0.3 is 6.09 Å². The number of carbonyl (C=O) groups is 2. The molecule has 0 fully saturated rings. The number of hydrogen-bond donors (Lipinski definition) is 1. The molecule has 1 aliphatic carbocycles. The lowest BCUT2D eigenvalue weighted by Gasteiger charge is -2.41. The number of pyridine rings is 1. The topological polar surface area (TPSA) is 89.0 Å². The van der Waals surface area contributed by atoms with Crippen LogP contribution in [0.1, 0.15) is 64.6 Å². The van der Waals surface area contributed by atoms with E-state index in [1.165, 1.54) is 0 Å². The van der Waals surface area contributed by atoms with Gasteiger partial charge in [-0.05, 0) is 57.5 Å². The van der Waals surface area contributed by atoms with Crippen LogP contribution in [0.3, 0.4) is 0 Å². The minimum Gasteiger partial charge on any atom is -0.505 e. The normalized spacial score (nSPS) is 18.3. The number of halogens is 2. The van der Waals surface area contributed by atoms with Crippen molar-refractivity contribution in [3.63, 3.8) is 0 Å². The number of benzene rings is 1. The van der Waals surface area contributed by atoms with E-state index in [0.29, 0.717) is 29.4 Å². The van der Waals surface area contributed by atoms with Crippen LogP contribution in [-0.2, 0) is 9.53 Å². The molecule has 4 rings (SSSR count). The van der Waals surface area contributed by atoms with Crippen LogP contribution in [0.25, 0.3) is 10.9 Å². The molecule has 7 nitrogen and oxygen atoms in total. The van der Waals surface area contributed by atoms with Gasteiger partial charge in [-0.15, -0.1) is 0 Å². The maximum Gasteiger partial charge on any atom is 0.410 e. The molecule has 198 valence electrons. The average molecular weight is 531 g/mol. The SMILES string of the molecule is Cc1cc(Cl)nc2cc3c(cc12)OCCC3N(CC(C)(C)C1=CC(O)=C(F)CC1=O)C(=O)OC(C)(C)C. The highest BCUT2D eigenvalue weighted by Gasteiger charge is 2.40. The van der Waals surface area contributed by atoms with Gasteiger partial charge in [0, 0.05) is 34.9 Å². The molecule has 1 aromatic heterocycles. The third-order valence-corrected chi connectivity index (χ3v) is 6.79. The maximum absolute atomic E-state index is 13.9. The fraction of sp³-hybridized carbons (Fsp3) is 0.464. The van der Waals surface area contributed by atoms with Gasteiger partial charge in [0.15, 0.2) is 5.78 Å². The van der Waals surface area contributed by atoms with Crippen molar-refractivity contribution in [1.82, 2.24) is 9.88 Å². The van der Waals surface area contributed by atoms with Crippen LogP contribution < -0.4 is 4.74 Å². The number of rotatable bonds is 4. The van der Waals surface area contributed by atoms with E-state index in [2.05, 4.69) is 4.98 Å². The van der Waals surface area contributed by atoms with Crippen LogP contribution >= 0.6 is 11.6 Å². The lowest BCUT2D eigenvalue weighted by atomic mass is 9.78. The minimum atomic E-state index is -0.921. The van der Waals surface area contributed by atoms with Crippen LogP contribution in [-0.4, -0.2) is 45.6 Å². The van der Waals surface area contributed by atoms with Crippen molar-refractivity contribution < 1.29 is 28.6 Å². The van der Waals surface area contributed by atoms with Gasteiger partial charge in [0.05, 0.1) is 24.6 Å². The standard InChI is InChI=1S/C28H32ClFN2O5/c1-15-9-25(29)31-20-10-17-21(7-8-36-24(17)11-16(15)20)32(26(35)37-27(2,3)4)14-28(5,6)18-12-23(34)19(30)13-22(18)33/h9-12,21,34H,7-8,13-14H2,1-6H3. The summed E-state index contributed by atoms with van der Waals surface area (Å²) in [4.78, 5) is 32.4. The van der Waals surface area contributed by atoms with Crippen LogP contribution in [0.2, 0.25) is 5.15 Å². The number of Topliss-reactive ketones (excluding diaryl/α,β-unsaturated/α-hetero) is 1. The second kappa shape index (κ2) is 9.63. The van der Waals surface area contributed by atoms with Crippen molar-refractivity contribution >= 4 is 34.4 Å². The molecule has 1 unspecified atom stereocenters. The molecule has 0 saturated carbocycles. The summed E-state index contributed by atoms with van der Waals surface area (Å²) < 4.78 is 25.6. The highest BCUT2D eigenvalue weighted by atomic mass is 35.5. The summed E-state index contributed by atoms with van der Waals surface area (Å²) in [7, 11) is 0. The summed E-state index contributed by atoms with van der Waals surface area (Å²) in [5.74, 6) is -1.22. The number of fused-ring (bicyclic) bond motifs is 2. The Bertz CT molecular complexity index is 1340. The Kier molecular flexibility index (Phi) is 7.01. The average Bonchev–Trinajstić information content (AvgIpc) is 2.77. The fourth-order valence-electron chi connectivity index (χ4n) is 4.87. The monoisotopic (exact) mass is 530 g/mol. The Morgan fingerprint density at radius 3 is 2.65 bits per heavy atom. The zero-order chi connectivity index (χ0) is 27.3. The summed E-state index contributed by atoms with van der Waals surface area (Å²) in [5, 5.41) is 11.3. The third kappa shape index (κ3) is 5.59. The van der Waals surface area contributed by atoms with E-state index in [4.69, 9.17) is 21.1 Å². The Balaban J connectivity index is 1.80. The van der Waals surface area contributed by atoms with E-state index in [0.717, 1.165) is 22.6 Å². The number of aliphatic hydroxyl groups is 1. The molecular formula is C28H32ClFN2O5. The Labute approximate surface area is 220 Å². The Morgan fingerprint density at radius 1 is 1.27 bits per heavy atom. The van der Waals surface area contributed by atoms with E-state index >= 15 is 0 Å². The van der Waals surface area contributed by atoms with Crippen molar-refractivity contribution in [2.24, 2.45) is 5.41 Å². The zero-order valence-electron chi connectivity index (χ0n) is 21.9. The molecule has 1 atom stereocenters. The van der Waals surface area contributed by atoms with Crippen LogP contribution in [0.4, 0.5) is 9.18 Å². The van der Waals surface area contributed by atoms with Gasteiger partial charge in [0.1, 0.15) is 28.1 Å². The molecule has 2 aliphatic rings. The first-order chi connectivity index (χ1) is 17.2. The summed E-state index contributed by atoms with van der Waals surface area (Å²) in [5.41, 5.74) is 0.959. The maximum atomic E-state index is 13.9. The molecule has 37 heavy (non-hydrogen) atoms. The molecule has 1 N–H and O–H groups in total. The first-order valence-corrected chi connectivity index (χ1v) is 12.6. The number of hydrogen-bond acceptors (Lipinski definition) is 6. The van der Waals surface area contributed by atoms with Crippen LogP contribution in [0.15, 0.2) is 41.4 Å². The number of aromatic nitrogens is 1. The molecular weight excluding hydrogens is 499 g/mol. The number of carbonyl (C=O) groups excluding carboxylic acids is 2. The number of aliphatic hydroxyl groups excluding tert-OH is 1. The highest BCUT2D eigenvalue weighted by molar-refractivity contribution is 6.30. The summed E-state index contributed by atoms with van der Waals surface area (Å²) in [6.07, 6.45) is 0.587. The van der Waals surface area contributed by atoms with Crippen LogP contribution in [0, 0.1) is 12.3 Å². The summed E-state index contributed by atoms with van der Waals surface area (Å²) >= 11 is 6.22. The van der Waals surface area contributed by atoms with Crippen molar-refractivity contribution in [3.8, 4) is 5.75 Å². The van der Waals surface area contributed by atoms with E-state index < -0.39 is 46.9 Å². The van der Waals surface area contributed by atoms with Gasteiger partial charge < -0.3 is 19.5 Å². The molecule has 2 heterocycles. The van der Waals surface area contributed by atoms with Gasteiger partial charge in [-0.1, -0.05) is 25.4 Å². The Morgan fingerprint density at radius 2 is 1.97 bits per heavy atom. The highest BCUT2D eigenvalue weighted by Crippen LogP contribution is 2.43. The van der Waals surface area contributed by atoms with Gasteiger partial charge in [0.25, 0.3) is 0 Å². The number of allylic oxidation sites excluding steroid dienone is 2. The second-order valence-corrected chi connectivity index (χ2v) is 11.6. The molecule has 0 radical (unpaired) electrons. The molecule has 9 heteroatoms. The Hall–Kier alpha value is -3.13. The zero-order valence-corrected chi connectivity index (χ0v) is 22.7. The number of ketones is 1. The third-order valence-electron chi connectivity index (χ3n) is 6.60. The number of aryl methyl sites for hydroxylation is 1. The molecule has 0 saturated heterocycles. The molecule has 1 aliphatic heterocycles. The quantitative estimate of drug-likeness (QED) is 0.431. The molecule has 2 aromatic rings. The van der Waals surface area contributed by atoms with Gasteiger partial charge in [0.2, 0.25) is 0 Å². The smallest absolute Gasteiger partial charge is 0.410 e.